The SMILES string of the molecule is O=Cc1ccc2ccn(S(=O)(=O)c3ccccc3)c2c1. The van der Waals surface area contributed by atoms with Crippen molar-refractivity contribution in [3.8, 4) is 0 Å². The van der Waals surface area contributed by atoms with Gasteiger partial charge >= 0.3 is 0 Å². The number of carbonyl (C=O) groups excluding carboxylic acids is 1. The topological polar surface area (TPSA) is 56.1 Å². The molecule has 0 aliphatic carbocycles. The third kappa shape index (κ3) is 1.92. The first-order valence-corrected chi connectivity index (χ1v) is 7.44. The smallest absolute Gasteiger partial charge is 0.268 e. The molecular weight excluding hydrogens is 274 g/mol. The molecular formula is C15H11NO3S. The van der Waals surface area contributed by atoms with Gasteiger partial charge in [-0.25, -0.2) is 12.4 Å². The molecule has 0 fully saturated rings. The molecule has 0 saturated heterocycles. The molecule has 0 aliphatic heterocycles. The van der Waals surface area contributed by atoms with Crippen molar-refractivity contribution in [1.82, 2.24) is 3.97 Å². The van der Waals surface area contributed by atoms with Crippen LogP contribution < -0.4 is 0 Å². The van der Waals surface area contributed by atoms with E-state index >= 15 is 0 Å². The molecule has 0 atom stereocenters. The van der Waals surface area contributed by atoms with Gasteiger partial charge in [-0.05, 0) is 24.3 Å². The number of hydrogen-bond acceptors (Lipinski definition) is 3. The van der Waals surface area contributed by atoms with Gasteiger partial charge in [-0.3, -0.25) is 4.79 Å². The quantitative estimate of drug-likeness (QED) is 0.695. The average Bonchev–Trinajstić information content (AvgIpc) is 2.91. The predicted octanol–water partition coefficient (Wildman–Crippen LogP) is 2.69. The second kappa shape index (κ2) is 4.61. The molecule has 20 heavy (non-hydrogen) atoms. The second-order valence-electron chi connectivity index (χ2n) is 4.37. The van der Waals surface area contributed by atoms with Gasteiger partial charge < -0.3 is 0 Å². The third-order valence-corrected chi connectivity index (χ3v) is 4.82. The molecule has 2 aromatic carbocycles. The lowest BCUT2D eigenvalue weighted by molar-refractivity contribution is 0.112. The van der Waals surface area contributed by atoms with Crippen LogP contribution >= 0.6 is 0 Å². The van der Waals surface area contributed by atoms with Crippen molar-refractivity contribution in [2.24, 2.45) is 0 Å². The van der Waals surface area contributed by atoms with Crippen molar-refractivity contribution in [3.05, 3.63) is 66.4 Å². The fourth-order valence-electron chi connectivity index (χ4n) is 2.11. The first kappa shape index (κ1) is 12.6. The van der Waals surface area contributed by atoms with Gasteiger partial charge in [0.25, 0.3) is 10.0 Å². The van der Waals surface area contributed by atoms with Crippen LogP contribution in [-0.4, -0.2) is 18.7 Å². The molecule has 3 aromatic rings. The van der Waals surface area contributed by atoms with E-state index in [1.807, 2.05) is 0 Å². The van der Waals surface area contributed by atoms with Crippen molar-refractivity contribution < 1.29 is 13.2 Å². The minimum Gasteiger partial charge on any atom is -0.298 e. The van der Waals surface area contributed by atoms with Gasteiger partial charge in [-0.1, -0.05) is 30.3 Å². The van der Waals surface area contributed by atoms with E-state index in [-0.39, 0.29) is 4.90 Å². The molecule has 4 nitrogen and oxygen atoms in total. The molecule has 1 heterocycles. The highest BCUT2D eigenvalue weighted by Crippen LogP contribution is 2.22. The van der Waals surface area contributed by atoms with E-state index < -0.39 is 10.0 Å². The molecule has 0 saturated carbocycles. The lowest BCUT2D eigenvalue weighted by atomic mass is 10.2. The third-order valence-electron chi connectivity index (χ3n) is 3.12. The lowest BCUT2D eigenvalue weighted by Gasteiger charge is -2.07. The van der Waals surface area contributed by atoms with E-state index in [0.29, 0.717) is 17.4 Å². The fourth-order valence-corrected chi connectivity index (χ4v) is 3.48. The summed E-state index contributed by atoms with van der Waals surface area (Å²) in [6.07, 6.45) is 2.20. The monoisotopic (exact) mass is 285 g/mol. The van der Waals surface area contributed by atoms with E-state index in [2.05, 4.69) is 0 Å². The Kier molecular flexibility index (Phi) is 2.91. The molecule has 0 amide bonds. The Morgan fingerprint density at radius 3 is 2.40 bits per heavy atom. The summed E-state index contributed by atoms with van der Waals surface area (Å²) < 4.78 is 26.4. The van der Waals surface area contributed by atoms with Crippen molar-refractivity contribution in [2.75, 3.05) is 0 Å². The zero-order chi connectivity index (χ0) is 14.2. The van der Waals surface area contributed by atoms with Crippen LogP contribution in [0.4, 0.5) is 0 Å². The van der Waals surface area contributed by atoms with E-state index in [4.69, 9.17) is 0 Å². The summed E-state index contributed by atoms with van der Waals surface area (Å²) in [6.45, 7) is 0. The molecule has 0 spiro atoms. The van der Waals surface area contributed by atoms with Crippen LogP contribution in [0.2, 0.25) is 0 Å². The highest BCUT2D eigenvalue weighted by molar-refractivity contribution is 7.90. The van der Waals surface area contributed by atoms with Crippen LogP contribution in [0.1, 0.15) is 10.4 Å². The van der Waals surface area contributed by atoms with Crippen LogP contribution in [0, 0.1) is 0 Å². The number of benzene rings is 2. The maximum absolute atomic E-state index is 12.6. The number of aromatic nitrogens is 1. The van der Waals surface area contributed by atoms with Crippen LogP contribution in [0.15, 0.2) is 65.7 Å². The summed E-state index contributed by atoms with van der Waals surface area (Å²) in [4.78, 5) is 11.1. The highest BCUT2D eigenvalue weighted by Gasteiger charge is 2.18. The average molecular weight is 285 g/mol. The van der Waals surface area contributed by atoms with Crippen molar-refractivity contribution >= 4 is 27.2 Å². The number of aldehydes is 1. The maximum Gasteiger partial charge on any atom is 0.268 e. The summed E-state index contributed by atoms with van der Waals surface area (Å²) in [6, 6.07) is 14.9. The second-order valence-corrected chi connectivity index (χ2v) is 6.18. The molecule has 1 aromatic heterocycles. The van der Waals surface area contributed by atoms with Crippen molar-refractivity contribution in [1.29, 1.82) is 0 Å². The van der Waals surface area contributed by atoms with Crippen molar-refractivity contribution in [3.63, 3.8) is 0 Å². The Bertz CT molecular complexity index is 880. The molecule has 0 N–H and O–H groups in total. The summed E-state index contributed by atoms with van der Waals surface area (Å²) >= 11 is 0. The van der Waals surface area contributed by atoms with E-state index in [1.54, 1.807) is 54.6 Å². The Morgan fingerprint density at radius 2 is 1.70 bits per heavy atom. The van der Waals surface area contributed by atoms with Gasteiger partial charge in [0.15, 0.2) is 0 Å². The minimum atomic E-state index is -3.65. The molecule has 0 unspecified atom stereocenters. The van der Waals surface area contributed by atoms with E-state index in [9.17, 15) is 13.2 Å². The lowest BCUT2D eigenvalue weighted by Crippen LogP contribution is -2.11. The van der Waals surface area contributed by atoms with Crippen LogP contribution in [0.25, 0.3) is 10.9 Å². The van der Waals surface area contributed by atoms with Crippen molar-refractivity contribution in [2.45, 2.75) is 4.90 Å². The van der Waals surface area contributed by atoms with Crippen LogP contribution in [0.5, 0.6) is 0 Å². The normalized spacial score (nSPS) is 11.6. The maximum atomic E-state index is 12.6. The van der Waals surface area contributed by atoms with Crippen LogP contribution in [0.3, 0.4) is 0 Å². The molecule has 0 bridgehead atoms. The fraction of sp³-hybridized carbons (Fsp3) is 0. The highest BCUT2D eigenvalue weighted by atomic mass is 32.2. The predicted molar refractivity (Wildman–Crippen MR) is 76.4 cm³/mol. The number of carbonyl (C=O) groups is 1. The minimum absolute atomic E-state index is 0.217. The molecule has 3 rings (SSSR count). The molecule has 0 aliphatic rings. The number of rotatable bonds is 3. The van der Waals surface area contributed by atoms with E-state index in [1.165, 1.54) is 10.2 Å². The Hall–Kier alpha value is -2.40. The number of fused-ring (bicyclic) bond motifs is 1. The van der Waals surface area contributed by atoms with Gasteiger partial charge in [0.05, 0.1) is 10.4 Å². The molecule has 0 radical (unpaired) electrons. The molecule has 100 valence electrons. The summed E-state index contributed by atoms with van der Waals surface area (Å²) in [7, 11) is -3.65. The first-order chi connectivity index (χ1) is 9.63. The number of nitrogens with zero attached hydrogens (tertiary/aromatic N) is 1. The van der Waals surface area contributed by atoms with Crippen LogP contribution in [-0.2, 0) is 10.0 Å². The van der Waals surface area contributed by atoms with Gasteiger partial charge in [0.2, 0.25) is 0 Å². The zero-order valence-electron chi connectivity index (χ0n) is 10.4. The Labute approximate surface area is 116 Å². The summed E-state index contributed by atoms with van der Waals surface area (Å²) in [5.74, 6) is 0. The van der Waals surface area contributed by atoms with Gasteiger partial charge in [0.1, 0.15) is 6.29 Å². The zero-order valence-corrected chi connectivity index (χ0v) is 11.2. The summed E-state index contributed by atoms with van der Waals surface area (Å²) in [5, 5.41) is 0.773. The van der Waals surface area contributed by atoms with E-state index in [0.717, 1.165) is 5.39 Å². The van der Waals surface area contributed by atoms with Gasteiger partial charge in [0, 0.05) is 17.1 Å². The summed E-state index contributed by atoms with van der Waals surface area (Å²) in [5.41, 5.74) is 0.944. The first-order valence-electron chi connectivity index (χ1n) is 6.00. The largest absolute Gasteiger partial charge is 0.298 e. The Balaban J connectivity index is 2.27. The van der Waals surface area contributed by atoms with Gasteiger partial charge in [-0.2, -0.15) is 0 Å². The Morgan fingerprint density at radius 1 is 0.950 bits per heavy atom. The molecule has 5 heteroatoms. The standard InChI is InChI=1S/C15H11NO3S/c17-11-12-6-7-13-8-9-16(15(13)10-12)20(18,19)14-4-2-1-3-5-14/h1-11H. The van der Waals surface area contributed by atoms with Gasteiger partial charge in [-0.15, -0.1) is 0 Å². The number of hydrogen-bond donors (Lipinski definition) is 0.